The average molecular weight is 381 g/mol. The molecule has 27 heavy (non-hydrogen) atoms. The predicted octanol–water partition coefficient (Wildman–Crippen LogP) is 5.50. The molecule has 1 fully saturated rings. The first-order valence-corrected chi connectivity index (χ1v) is 10.2. The summed E-state index contributed by atoms with van der Waals surface area (Å²) in [5, 5.41) is 9.98. The Morgan fingerprint density at radius 1 is 1.30 bits per heavy atom. The number of nitriles is 1. The lowest BCUT2D eigenvalue weighted by atomic mass is 9.55. The quantitative estimate of drug-likeness (QED) is 0.706. The Morgan fingerprint density at radius 3 is 2.78 bits per heavy atom. The van der Waals surface area contributed by atoms with Crippen LogP contribution >= 0.6 is 11.6 Å². The zero-order valence-electron chi connectivity index (χ0n) is 15.7. The fourth-order valence-corrected chi connectivity index (χ4v) is 5.15. The van der Waals surface area contributed by atoms with Crippen molar-refractivity contribution in [3.63, 3.8) is 0 Å². The molecule has 1 spiro atoms. The van der Waals surface area contributed by atoms with E-state index in [2.05, 4.69) is 24.3 Å². The van der Waals surface area contributed by atoms with E-state index >= 15 is 0 Å². The molecule has 2 aliphatic rings. The zero-order chi connectivity index (χ0) is 18.9. The summed E-state index contributed by atoms with van der Waals surface area (Å²) in [5.41, 5.74) is 3.97. The Balaban J connectivity index is 1.57. The fourth-order valence-electron chi connectivity index (χ4n) is 5.00. The summed E-state index contributed by atoms with van der Waals surface area (Å²) in [7, 11) is 1.70. The minimum absolute atomic E-state index is 0.124. The van der Waals surface area contributed by atoms with Crippen LogP contribution in [-0.2, 0) is 18.3 Å². The van der Waals surface area contributed by atoms with E-state index in [1.807, 2.05) is 12.1 Å². The lowest BCUT2D eigenvalue weighted by molar-refractivity contribution is 0.156. The Hall–Kier alpha value is -2.05. The number of rotatable bonds is 3. The molecule has 0 bridgehead atoms. The van der Waals surface area contributed by atoms with Gasteiger partial charge in [-0.15, -0.1) is 0 Å². The van der Waals surface area contributed by atoms with E-state index < -0.39 is 0 Å². The van der Waals surface area contributed by atoms with Crippen molar-refractivity contribution in [2.75, 3.05) is 7.11 Å². The molecule has 1 aromatic heterocycles. The SMILES string of the molecule is COc1ccc(CC2CCCC3(CC(C#N)C3)c3cc(Cl)cnc3C2)cc1. The van der Waals surface area contributed by atoms with E-state index in [0.29, 0.717) is 10.9 Å². The molecule has 3 nitrogen and oxygen atoms in total. The number of ether oxygens (including phenoxy) is 1. The number of methoxy groups -OCH3 is 1. The number of fused-ring (bicyclic) bond motifs is 2. The van der Waals surface area contributed by atoms with Gasteiger partial charge >= 0.3 is 0 Å². The molecule has 0 aliphatic heterocycles. The molecule has 1 aromatic carbocycles. The standard InChI is InChI=1S/C23H25ClN2O/c1-27-20-6-4-16(5-7-20)9-17-3-2-8-23(12-18(13-23)14-25)21-11-19(24)15-26-22(21)10-17/h4-7,11,15,17-18H,2-3,8-10,12-13H2,1H3. The third-order valence-electron chi connectivity index (χ3n) is 6.40. The van der Waals surface area contributed by atoms with Crippen LogP contribution in [0.3, 0.4) is 0 Å². The number of aromatic nitrogens is 1. The number of benzene rings is 1. The third kappa shape index (κ3) is 3.69. The predicted molar refractivity (Wildman–Crippen MR) is 107 cm³/mol. The Labute approximate surface area is 166 Å². The van der Waals surface area contributed by atoms with Crippen molar-refractivity contribution >= 4 is 11.6 Å². The largest absolute Gasteiger partial charge is 0.497 e. The number of pyridine rings is 1. The highest BCUT2D eigenvalue weighted by Gasteiger charge is 2.47. The van der Waals surface area contributed by atoms with Gasteiger partial charge < -0.3 is 4.74 Å². The van der Waals surface area contributed by atoms with Gasteiger partial charge in [-0.2, -0.15) is 5.26 Å². The van der Waals surface area contributed by atoms with Crippen LogP contribution in [0.5, 0.6) is 5.75 Å². The highest BCUT2D eigenvalue weighted by Crippen LogP contribution is 2.53. The summed E-state index contributed by atoms with van der Waals surface area (Å²) < 4.78 is 5.27. The number of nitrogens with zero attached hydrogens (tertiary/aromatic N) is 2. The van der Waals surface area contributed by atoms with Crippen molar-refractivity contribution in [1.82, 2.24) is 4.98 Å². The van der Waals surface area contributed by atoms with E-state index in [1.165, 1.54) is 29.7 Å². The molecular weight excluding hydrogens is 356 g/mol. The van der Waals surface area contributed by atoms with E-state index in [9.17, 15) is 5.26 Å². The summed E-state index contributed by atoms with van der Waals surface area (Å²) in [6, 6.07) is 13.0. The highest BCUT2D eigenvalue weighted by atomic mass is 35.5. The molecule has 4 heteroatoms. The van der Waals surface area contributed by atoms with E-state index in [1.54, 1.807) is 13.3 Å². The van der Waals surface area contributed by atoms with Gasteiger partial charge in [0, 0.05) is 17.8 Å². The Bertz CT molecular complexity index is 850. The van der Waals surface area contributed by atoms with Gasteiger partial charge in [0.15, 0.2) is 0 Å². The second-order valence-electron chi connectivity index (χ2n) is 8.18. The van der Waals surface area contributed by atoms with Gasteiger partial charge in [0.25, 0.3) is 0 Å². The molecule has 1 saturated carbocycles. The van der Waals surface area contributed by atoms with Gasteiger partial charge in [0.2, 0.25) is 0 Å². The maximum Gasteiger partial charge on any atom is 0.118 e. The fraction of sp³-hybridized carbons (Fsp3) is 0.478. The second kappa shape index (κ2) is 7.52. The molecule has 140 valence electrons. The molecule has 4 rings (SSSR count). The summed E-state index contributed by atoms with van der Waals surface area (Å²) in [6.07, 6.45) is 9.28. The highest BCUT2D eigenvalue weighted by molar-refractivity contribution is 6.30. The minimum atomic E-state index is 0.124. The van der Waals surface area contributed by atoms with E-state index in [0.717, 1.165) is 37.9 Å². The first kappa shape index (κ1) is 18.3. The van der Waals surface area contributed by atoms with Crippen LogP contribution in [0.1, 0.15) is 48.9 Å². The van der Waals surface area contributed by atoms with Crippen LogP contribution in [0, 0.1) is 23.2 Å². The molecular formula is C23H25ClN2O. The molecule has 2 aromatic rings. The molecule has 1 heterocycles. The van der Waals surface area contributed by atoms with Crippen molar-refractivity contribution in [2.24, 2.45) is 11.8 Å². The van der Waals surface area contributed by atoms with Crippen LogP contribution in [0.2, 0.25) is 5.02 Å². The molecule has 0 amide bonds. The maximum absolute atomic E-state index is 9.27. The molecule has 0 N–H and O–H groups in total. The topological polar surface area (TPSA) is 45.9 Å². The Morgan fingerprint density at radius 2 is 2.07 bits per heavy atom. The van der Waals surface area contributed by atoms with Gasteiger partial charge in [0.1, 0.15) is 5.75 Å². The lowest BCUT2D eigenvalue weighted by Gasteiger charge is -2.48. The van der Waals surface area contributed by atoms with Crippen LogP contribution in [-0.4, -0.2) is 12.1 Å². The third-order valence-corrected chi connectivity index (χ3v) is 6.60. The van der Waals surface area contributed by atoms with Crippen LogP contribution in [0.4, 0.5) is 0 Å². The first-order valence-electron chi connectivity index (χ1n) is 9.79. The Kier molecular flexibility index (Phi) is 5.10. The lowest BCUT2D eigenvalue weighted by Crippen LogP contribution is -2.42. The van der Waals surface area contributed by atoms with Crippen LogP contribution < -0.4 is 4.74 Å². The summed E-state index contributed by atoms with van der Waals surface area (Å²) in [4.78, 5) is 4.73. The molecule has 2 aliphatic carbocycles. The summed E-state index contributed by atoms with van der Waals surface area (Å²) in [5.74, 6) is 1.67. The zero-order valence-corrected chi connectivity index (χ0v) is 16.5. The van der Waals surface area contributed by atoms with Crippen molar-refractivity contribution in [2.45, 2.75) is 50.4 Å². The summed E-state index contributed by atoms with van der Waals surface area (Å²) in [6.45, 7) is 0. The second-order valence-corrected chi connectivity index (χ2v) is 8.61. The van der Waals surface area contributed by atoms with Gasteiger partial charge in [-0.25, -0.2) is 0 Å². The smallest absolute Gasteiger partial charge is 0.118 e. The molecule has 0 radical (unpaired) electrons. The monoisotopic (exact) mass is 380 g/mol. The molecule has 1 atom stereocenters. The first-order chi connectivity index (χ1) is 13.1. The minimum Gasteiger partial charge on any atom is -0.497 e. The molecule has 0 saturated heterocycles. The average Bonchev–Trinajstić information content (AvgIpc) is 2.64. The van der Waals surface area contributed by atoms with Crippen molar-refractivity contribution in [1.29, 1.82) is 5.26 Å². The number of hydrogen-bond donors (Lipinski definition) is 0. The van der Waals surface area contributed by atoms with Gasteiger partial charge in [-0.05, 0) is 79.2 Å². The molecule has 1 unspecified atom stereocenters. The summed E-state index contributed by atoms with van der Waals surface area (Å²) >= 11 is 6.30. The van der Waals surface area contributed by atoms with Gasteiger partial charge in [-0.1, -0.05) is 30.2 Å². The van der Waals surface area contributed by atoms with Crippen molar-refractivity contribution in [3.8, 4) is 11.8 Å². The van der Waals surface area contributed by atoms with Gasteiger partial charge in [0.05, 0.1) is 18.2 Å². The van der Waals surface area contributed by atoms with Crippen LogP contribution in [0.25, 0.3) is 0 Å². The maximum atomic E-state index is 9.27. The van der Waals surface area contributed by atoms with Crippen molar-refractivity contribution in [3.05, 3.63) is 58.4 Å². The number of hydrogen-bond acceptors (Lipinski definition) is 3. The van der Waals surface area contributed by atoms with Crippen LogP contribution in [0.15, 0.2) is 36.5 Å². The number of halogens is 1. The van der Waals surface area contributed by atoms with E-state index in [4.69, 9.17) is 21.3 Å². The van der Waals surface area contributed by atoms with Gasteiger partial charge in [-0.3, -0.25) is 4.98 Å². The van der Waals surface area contributed by atoms with E-state index in [-0.39, 0.29) is 11.3 Å². The van der Waals surface area contributed by atoms with Crippen molar-refractivity contribution < 1.29 is 4.74 Å². The normalized spacial score (nSPS) is 27.0.